The fourth-order valence-corrected chi connectivity index (χ4v) is 5.13. The lowest BCUT2D eigenvalue weighted by Gasteiger charge is -2.11. The van der Waals surface area contributed by atoms with Crippen molar-refractivity contribution in [3.05, 3.63) is 115 Å². The van der Waals surface area contributed by atoms with Crippen molar-refractivity contribution in [2.75, 3.05) is 7.11 Å². The summed E-state index contributed by atoms with van der Waals surface area (Å²) in [5.41, 5.74) is 4.67. The smallest absolute Gasteiger partial charge is 0.219 e. The Labute approximate surface area is 224 Å². The van der Waals surface area contributed by atoms with Crippen LogP contribution in [-0.2, 0) is 0 Å². The topological polar surface area (TPSA) is 69.4 Å². The normalized spacial score (nSPS) is 11.3. The molecule has 1 N–H and O–H groups in total. The standard InChI is InChI=1S/C33H23N3O3/c1-38-30-15-14-29(37)33-26(30)13-16-32(35-33)39-23-11-12-25-24-9-5-6-10-27(24)36(28(25)20-23)31-19-22(17-18-34-31)21-7-3-2-4-8-21/h2-20,37H,1H3. The number of hydrogen-bond donors (Lipinski definition) is 1. The highest BCUT2D eigenvalue weighted by atomic mass is 16.5. The zero-order chi connectivity index (χ0) is 26.3. The van der Waals surface area contributed by atoms with Crippen LogP contribution in [0.4, 0.5) is 0 Å². The Bertz CT molecular complexity index is 2000. The van der Waals surface area contributed by atoms with Crippen LogP contribution in [0.1, 0.15) is 0 Å². The van der Waals surface area contributed by atoms with E-state index in [1.54, 1.807) is 25.3 Å². The van der Waals surface area contributed by atoms with E-state index in [0.717, 1.165) is 38.8 Å². The minimum absolute atomic E-state index is 0.0659. The van der Waals surface area contributed by atoms with Crippen molar-refractivity contribution < 1.29 is 14.6 Å². The molecule has 0 amide bonds. The van der Waals surface area contributed by atoms with Crippen molar-refractivity contribution in [1.29, 1.82) is 0 Å². The van der Waals surface area contributed by atoms with Crippen molar-refractivity contribution in [3.63, 3.8) is 0 Å². The summed E-state index contributed by atoms with van der Waals surface area (Å²) < 4.78 is 13.8. The Kier molecular flexibility index (Phi) is 5.37. The number of aromatic hydroxyl groups is 1. The Hall–Kier alpha value is -5.36. The minimum Gasteiger partial charge on any atom is -0.506 e. The number of para-hydroxylation sites is 1. The first-order valence-electron chi connectivity index (χ1n) is 12.6. The van der Waals surface area contributed by atoms with Crippen LogP contribution in [0.3, 0.4) is 0 Å². The molecule has 0 radical (unpaired) electrons. The van der Waals surface area contributed by atoms with Crippen molar-refractivity contribution in [1.82, 2.24) is 14.5 Å². The third-order valence-electron chi connectivity index (χ3n) is 6.94. The number of pyridine rings is 2. The largest absolute Gasteiger partial charge is 0.506 e. The van der Waals surface area contributed by atoms with Crippen LogP contribution in [-0.4, -0.2) is 26.8 Å². The Morgan fingerprint density at radius 1 is 0.692 bits per heavy atom. The van der Waals surface area contributed by atoms with E-state index in [1.165, 1.54) is 0 Å². The summed E-state index contributed by atoms with van der Waals surface area (Å²) in [7, 11) is 1.59. The summed E-state index contributed by atoms with van der Waals surface area (Å²) in [6.45, 7) is 0. The van der Waals surface area contributed by atoms with Crippen molar-refractivity contribution in [3.8, 4) is 40.1 Å². The molecule has 188 valence electrons. The van der Waals surface area contributed by atoms with Gasteiger partial charge in [-0.1, -0.05) is 48.5 Å². The third-order valence-corrected chi connectivity index (χ3v) is 6.94. The van der Waals surface area contributed by atoms with E-state index in [4.69, 9.17) is 14.5 Å². The fourth-order valence-electron chi connectivity index (χ4n) is 5.13. The second-order valence-corrected chi connectivity index (χ2v) is 9.23. The summed E-state index contributed by atoms with van der Waals surface area (Å²) >= 11 is 0. The number of nitrogens with zero attached hydrogens (tertiary/aromatic N) is 3. The van der Waals surface area contributed by atoms with Crippen LogP contribution in [0.2, 0.25) is 0 Å². The summed E-state index contributed by atoms with van der Waals surface area (Å²) in [4.78, 5) is 9.31. The molecule has 3 aromatic heterocycles. The number of rotatable bonds is 5. The van der Waals surface area contributed by atoms with Gasteiger partial charge in [0.05, 0.1) is 18.1 Å². The zero-order valence-electron chi connectivity index (χ0n) is 21.1. The predicted octanol–water partition coefficient (Wildman–Crippen LogP) is 7.90. The number of methoxy groups -OCH3 is 1. The van der Waals surface area contributed by atoms with Crippen LogP contribution in [0, 0.1) is 0 Å². The highest BCUT2D eigenvalue weighted by molar-refractivity contribution is 6.09. The molecule has 0 aliphatic rings. The van der Waals surface area contributed by atoms with Crippen LogP contribution in [0.5, 0.6) is 23.1 Å². The molecule has 0 spiro atoms. The van der Waals surface area contributed by atoms with E-state index in [9.17, 15) is 5.11 Å². The number of hydrogen-bond acceptors (Lipinski definition) is 5. The first-order chi connectivity index (χ1) is 19.2. The van der Waals surface area contributed by atoms with Gasteiger partial charge in [0.2, 0.25) is 5.88 Å². The molecule has 0 atom stereocenters. The lowest BCUT2D eigenvalue weighted by atomic mass is 10.1. The minimum atomic E-state index is 0.0659. The van der Waals surface area contributed by atoms with Gasteiger partial charge in [-0.25, -0.2) is 9.97 Å². The van der Waals surface area contributed by atoms with E-state index < -0.39 is 0 Å². The van der Waals surface area contributed by atoms with Gasteiger partial charge in [0.15, 0.2) is 0 Å². The Morgan fingerprint density at radius 3 is 2.36 bits per heavy atom. The molecule has 6 heteroatoms. The SMILES string of the molecule is COc1ccc(O)c2nc(Oc3ccc4c5ccccc5n(-c5cc(-c6ccccc6)ccn5)c4c3)ccc12. The maximum Gasteiger partial charge on any atom is 0.219 e. The van der Waals surface area contributed by atoms with Crippen LogP contribution in [0.15, 0.2) is 115 Å². The molecule has 3 heterocycles. The van der Waals surface area contributed by atoms with E-state index in [0.29, 0.717) is 28.3 Å². The molecular formula is C33H23N3O3. The molecule has 7 rings (SSSR count). The lowest BCUT2D eigenvalue weighted by molar-refractivity contribution is 0.417. The van der Waals surface area contributed by atoms with Crippen molar-refractivity contribution >= 4 is 32.7 Å². The number of phenols is 1. The van der Waals surface area contributed by atoms with E-state index in [-0.39, 0.29) is 5.75 Å². The number of phenolic OH excluding ortho intramolecular Hbond substituents is 1. The Balaban J connectivity index is 1.36. The molecule has 0 unspecified atom stereocenters. The fraction of sp³-hybridized carbons (Fsp3) is 0.0303. The summed E-state index contributed by atoms with van der Waals surface area (Å²) in [5, 5.41) is 13.3. The molecule has 4 aromatic carbocycles. The van der Waals surface area contributed by atoms with Gasteiger partial charge in [-0.15, -0.1) is 0 Å². The van der Waals surface area contributed by atoms with Gasteiger partial charge in [-0.2, -0.15) is 0 Å². The van der Waals surface area contributed by atoms with Crippen LogP contribution < -0.4 is 9.47 Å². The summed E-state index contributed by atoms with van der Waals surface area (Å²) in [6, 6.07) is 35.6. The molecule has 39 heavy (non-hydrogen) atoms. The van der Waals surface area contributed by atoms with E-state index >= 15 is 0 Å². The van der Waals surface area contributed by atoms with Crippen molar-refractivity contribution in [2.24, 2.45) is 0 Å². The molecule has 0 saturated heterocycles. The van der Waals surface area contributed by atoms with Gasteiger partial charge in [0, 0.05) is 34.5 Å². The average molecular weight is 510 g/mol. The maximum atomic E-state index is 10.4. The predicted molar refractivity (Wildman–Crippen MR) is 154 cm³/mol. The summed E-state index contributed by atoms with van der Waals surface area (Å²) in [5.74, 6) is 2.52. The number of benzene rings is 4. The average Bonchev–Trinajstić information content (AvgIpc) is 3.32. The molecule has 7 aromatic rings. The highest BCUT2D eigenvalue weighted by Gasteiger charge is 2.15. The molecule has 6 nitrogen and oxygen atoms in total. The van der Waals surface area contributed by atoms with Gasteiger partial charge >= 0.3 is 0 Å². The number of aromatic nitrogens is 3. The second kappa shape index (κ2) is 9.19. The van der Waals surface area contributed by atoms with Gasteiger partial charge in [-0.05, 0) is 59.7 Å². The monoisotopic (exact) mass is 509 g/mol. The quantitative estimate of drug-likeness (QED) is 0.255. The Morgan fingerprint density at radius 2 is 1.49 bits per heavy atom. The first kappa shape index (κ1) is 22.8. The van der Waals surface area contributed by atoms with Crippen LogP contribution >= 0.6 is 0 Å². The lowest BCUT2D eigenvalue weighted by Crippen LogP contribution is -1.98. The van der Waals surface area contributed by atoms with Gasteiger partial charge in [0.25, 0.3) is 0 Å². The third kappa shape index (κ3) is 3.90. The molecule has 0 saturated carbocycles. The molecule has 0 fully saturated rings. The number of fused-ring (bicyclic) bond motifs is 4. The van der Waals surface area contributed by atoms with Crippen molar-refractivity contribution in [2.45, 2.75) is 0 Å². The van der Waals surface area contributed by atoms with Gasteiger partial charge in [-0.3, -0.25) is 4.57 Å². The maximum absolute atomic E-state index is 10.4. The molecule has 0 bridgehead atoms. The molecular weight excluding hydrogens is 486 g/mol. The van der Waals surface area contributed by atoms with Crippen LogP contribution in [0.25, 0.3) is 49.7 Å². The number of ether oxygens (including phenoxy) is 2. The van der Waals surface area contributed by atoms with Gasteiger partial charge in [0.1, 0.15) is 28.6 Å². The first-order valence-corrected chi connectivity index (χ1v) is 12.6. The molecule has 0 aliphatic carbocycles. The van der Waals surface area contributed by atoms with E-state index in [2.05, 4.69) is 45.9 Å². The zero-order valence-corrected chi connectivity index (χ0v) is 21.1. The van der Waals surface area contributed by atoms with E-state index in [1.807, 2.05) is 60.8 Å². The highest BCUT2D eigenvalue weighted by Crippen LogP contribution is 2.37. The second-order valence-electron chi connectivity index (χ2n) is 9.23. The van der Waals surface area contributed by atoms with Gasteiger partial charge < -0.3 is 14.6 Å². The molecule has 0 aliphatic heterocycles. The summed E-state index contributed by atoms with van der Waals surface area (Å²) in [6.07, 6.45) is 1.85.